The Bertz CT molecular complexity index is 854. The van der Waals surface area contributed by atoms with E-state index in [4.69, 9.17) is 16.0 Å². The number of alkyl halides is 2. The van der Waals surface area contributed by atoms with Gasteiger partial charge in [0.2, 0.25) is 5.69 Å². The summed E-state index contributed by atoms with van der Waals surface area (Å²) < 4.78 is 35.9. The van der Waals surface area contributed by atoms with Crippen molar-refractivity contribution in [3.63, 3.8) is 0 Å². The number of hydrogen-bond acceptors (Lipinski definition) is 4. The summed E-state index contributed by atoms with van der Waals surface area (Å²) in [6, 6.07) is 11.4. The Kier molecular flexibility index (Phi) is 6.21. The van der Waals surface area contributed by atoms with Crippen molar-refractivity contribution in [1.82, 2.24) is 0 Å². The minimum atomic E-state index is -2.63. The molecule has 0 aliphatic rings. The molecule has 0 atom stereocenters. The highest BCUT2D eigenvalue weighted by molar-refractivity contribution is 5.70. The summed E-state index contributed by atoms with van der Waals surface area (Å²) in [5, 5.41) is 0. The standard InChI is InChI=1S/C18H15F2N3O2/c1-21-15-7-5-12(18(19)20)8-16(15)23-11-22-10-13-4-6-14(24-2)9-17(13)25-3/h4-9,18H,10H2,2-3H3. The Morgan fingerprint density at radius 1 is 1.16 bits per heavy atom. The summed E-state index contributed by atoms with van der Waals surface area (Å²) in [5.41, 5.74) is 0.856. The lowest BCUT2D eigenvalue weighted by molar-refractivity contribution is 0.151. The molecule has 0 aliphatic carbocycles. The second-order valence-electron chi connectivity index (χ2n) is 4.87. The number of rotatable bonds is 6. The van der Waals surface area contributed by atoms with Crippen LogP contribution in [-0.4, -0.2) is 20.2 Å². The minimum Gasteiger partial charge on any atom is -0.497 e. The van der Waals surface area contributed by atoms with Gasteiger partial charge in [0.1, 0.15) is 11.5 Å². The Balaban J connectivity index is 2.23. The summed E-state index contributed by atoms with van der Waals surface area (Å²) in [6.45, 7) is 7.29. The lowest BCUT2D eigenvalue weighted by Gasteiger charge is -2.07. The molecule has 25 heavy (non-hydrogen) atoms. The van der Waals surface area contributed by atoms with Gasteiger partial charge < -0.3 is 9.47 Å². The summed E-state index contributed by atoms with van der Waals surface area (Å²) in [7, 11) is 3.09. The zero-order valence-electron chi connectivity index (χ0n) is 13.7. The number of aliphatic imine (C=N–C) groups is 2. The van der Waals surface area contributed by atoms with Crippen molar-refractivity contribution in [3.05, 3.63) is 58.9 Å². The van der Waals surface area contributed by atoms with E-state index in [-0.39, 0.29) is 23.5 Å². The number of hydrogen-bond donors (Lipinski definition) is 0. The van der Waals surface area contributed by atoms with E-state index in [1.165, 1.54) is 19.2 Å². The summed E-state index contributed by atoms with van der Waals surface area (Å²) in [6.07, 6.45) is -2.63. The molecule has 2 aromatic carbocycles. The molecule has 0 amide bonds. The van der Waals surface area contributed by atoms with Crippen LogP contribution >= 0.6 is 0 Å². The van der Waals surface area contributed by atoms with Crippen LogP contribution in [-0.2, 0) is 6.54 Å². The second kappa shape index (κ2) is 8.57. The summed E-state index contributed by atoms with van der Waals surface area (Å²) in [5.74, 6) is 1.26. The summed E-state index contributed by atoms with van der Waals surface area (Å²) >= 11 is 0. The van der Waals surface area contributed by atoms with Gasteiger partial charge in [-0.25, -0.2) is 18.6 Å². The number of nitrogens with zero attached hydrogens (tertiary/aromatic N) is 3. The average molecular weight is 343 g/mol. The molecule has 7 heteroatoms. The van der Waals surface area contributed by atoms with Crippen molar-refractivity contribution >= 4 is 17.4 Å². The minimum absolute atomic E-state index is 0.109. The van der Waals surface area contributed by atoms with Gasteiger partial charge in [0.25, 0.3) is 6.43 Å². The first-order chi connectivity index (χ1) is 12.1. The highest BCUT2D eigenvalue weighted by Crippen LogP contribution is 2.32. The fraction of sp³-hybridized carbons (Fsp3) is 0.222. The van der Waals surface area contributed by atoms with Gasteiger partial charge in [-0.2, -0.15) is 4.99 Å². The first-order valence-corrected chi connectivity index (χ1v) is 7.21. The van der Waals surface area contributed by atoms with Crippen molar-refractivity contribution in [2.24, 2.45) is 9.98 Å². The number of methoxy groups -OCH3 is 2. The molecule has 128 valence electrons. The third-order valence-corrected chi connectivity index (χ3v) is 3.36. The predicted molar refractivity (Wildman–Crippen MR) is 90.4 cm³/mol. The van der Waals surface area contributed by atoms with E-state index in [0.717, 1.165) is 11.6 Å². The van der Waals surface area contributed by atoms with Crippen molar-refractivity contribution < 1.29 is 18.3 Å². The molecule has 0 unspecified atom stereocenters. The van der Waals surface area contributed by atoms with E-state index < -0.39 is 6.43 Å². The van der Waals surface area contributed by atoms with E-state index in [9.17, 15) is 8.78 Å². The zero-order valence-corrected chi connectivity index (χ0v) is 13.7. The van der Waals surface area contributed by atoms with Gasteiger partial charge in [0.05, 0.1) is 39.0 Å². The predicted octanol–water partition coefficient (Wildman–Crippen LogP) is 5.20. The fourth-order valence-electron chi connectivity index (χ4n) is 2.05. The normalized spacial score (nSPS) is 9.92. The van der Waals surface area contributed by atoms with Gasteiger partial charge in [-0.1, -0.05) is 12.1 Å². The van der Waals surface area contributed by atoms with Crippen LogP contribution in [0.1, 0.15) is 17.6 Å². The molecular weight excluding hydrogens is 328 g/mol. The molecule has 0 N–H and O–H groups in total. The molecule has 0 saturated heterocycles. The second-order valence-corrected chi connectivity index (χ2v) is 4.87. The SMILES string of the molecule is [C-]#[N+]c1ccc(C(F)F)cc1N=C=NCc1ccc(OC)cc1OC. The molecule has 2 aromatic rings. The molecular formula is C18H15F2N3O2. The number of ether oxygens (including phenoxy) is 2. The van der Waals surface area contributed by atoms with Crippen LogP contribution < -0.4 is 9.47 Å². The number of benzene rings is 2. The molecule has 0 radical (unpaired) electrons. The third kappa shape index (κ3) is 4.63. The first-order valence-electron chi connectivity index (χ1n) is 7.21. The fourth-order valence-corrected chi connectivity index (χ4v) is 2.05. The van der Waals surface area contributed by atoms with Gasteiger partial charge in [0, 0.05) is 17.2 Å². The third-order valence-electron chi connectivity index (χ3n) is 3.36. The van der Waals surface area contributed by atoms with Gasteiger partial charge in [-0.15, -0.1) is 0 Å². The van der Waals surface area contributed by atoms with Crippen molar-refractivity contribution in [2.45, 2.75) is 13.0 Å². The Morgan fingerprint density at radius 2 is 1.96 bits per heavy atom. The Morgan fingerprint density at radius 3 is 2.60 bits per heavy atom. The molecule has 0 saturated carbocycles. The summed E-state index contributed by atoms with van der Waals surface area (Å²) in [4.78, 5) is 11.2. The average Bonchev–Trinajstić information content (AvgIpc) is 2.64. The largest absolute Gasteiger partial charge is 0.497 e. The van der Waals surface area contributed by atoms with Crippen LogP contribution in [0.25, 0.3) is 4.85 Å². The van der Waals surface area contributed by atoms with Crippen LogP contribution in [0.5, 0.6) is 11.5 Å². The topological polar surface area (TPSA) is 47.5 Å². The molecule has 2 rings (SSSR count). The molecule has 0 bridgehead atoms. The molecule has 0 aromatic heterocycles. The van der Waals surface area contributed by atoms with E-state index in [1.54, 1.807) is 25.3 Å². The Labute approximate surface area is 144 Å². The smallest absolute Gasteiger partial charge is 0.263 e. The van der Waals surface area contributed by atoms with Crippen LogP contribution in [0, 0.1) is 6.57 Å². The van der Waals surface area contributed by atoms with Gasteiger partial charge in [-0.05, 0) is 18.2 Å². The highest BCUT2D eigenvalue weighted by atomic mass is 19.3. The zero-order chi connectivity index (χ0) is 18.2. The highest BCUT2D eigenvalue weighted by Gasteiger charge is 2.10. The molecule has 0 fully saturated rings. The van der Waals surface area contributed by atoms with E-state index in [1.807, 2.05) is 0 Å². The maximum atomic E-state index is 12.8. The maximum Gasteiger partial charge on any atom is 0.263 e. The van der Waals surface area contributed by atoms with Crippen LogP contribution in [0.3, 0.4) is 0 Å². The van der Waals surface area contributed by atoms with Gasteiger partial charge in [-0.3, -0.25) is 0 Å². The van der Waals surface area contributed by atoms with Crippen LogP contribution in [0.4, 0.5) is 20.2 Å². The van der Waals surface area contributed by atoms with Crippen LogP contribution in [0.2, 0.25) is 0 Å². The van der Waals surface area contributed by atoms with Crippen molar-refractivity contribution in [2.75, 3.05) is 14.2 Å². The lowest BCUT2D eigenvalue weighted by Crippen LogP contribution is -1.92. The van der Waals surface area contributed by atoms with E-state index in [2.05, 4.69) is 20.8 Å². The van der Waals surface area contributed by atoms with Gasteiger partial charge >= 0.3 is 0 Å². The first kappa shape index (κ1) is 18.1. The molecule has 0 spiro atoms. The maximum absolute atomic E-state index is 12.8. The number of halogens is 2. The quantitative estimate of drug-likeness (QED) is 0.535. The van der Waals surface area contributed by atoms with Gasteiger partial charge in [0.15, 0.2) is 0 Å². The lowest BCUT2D eigenvalue weighted by atomic mass is 10.2. The van der Waals surface area contributed by atoms with Crippen LogP contribution in [0.15, 0.2) is 46.4 Å². The molecule has 5 nitrogen and oxygen atoms in total. The monoisotopic (exact) mass is 343 g/mol. The van der Waals surface area contributed by atoms with Crippen molar-refractivity contribution in [3.8, 4) is 11.5 Å². The van der Waals surface area contributed by atoms with E-state index >= 15 is 0 Å². The van der Waals surface area contributed by atoms with E-state index in [0.29, 0.717) is 11.5 Å². The molecule has 0 aliphatic heterocycles. The molecule has 0 heterocycles. The Hall–Kier alpha value is -3.23. The van der Waals surface area contributed by atoms with Crippen molar-refractivity contribution in [1.29, 1.82) is 0 Å².